The van der Waals surface area contributed by atoms with Crippen molar-refractivity contribution in [3.05, 3.63) is 29.8 Å². The zero-order valence-corrected chi connectivity index (χ0v) is 13.8. The highest BCUT2D eigenvalue weighted by molar-refractivity contribution is 6.40. The summed E-state index contributed by atoms with van der Waals surface area (Å²) in [4.78, 5) is 26.0. The predicted octanol–water partition coefficient (Wildman–Crippen LogP) is 2.29. The molecule has 5 heteroatoms. The Morgan fingerprint density at radius 2 is 2.00 bits per heavy atom. The number of amides is 2. The fraction of sp³-hybridized carbons (Fsp3) is 0.556. The maximum absolute atomic E-state index is 12.3. The van der Waals surface area contributed by atoms with E-state index in [1.54, 1.807) is 4.90 Å². The predicted molar refractivity (Wildman–Crippen MR) is 90.5 cm³/mol. The first-order valence-electron chi connectivity index (χ1n) is 8.49. The molecule has 0 atom stereocenters. The lowest BCUT2D eigenvalue weighted by atomic mass is 10.0. The number of benzene rings is 1. The number of carbonyl (C=O) groups excluding carboxylic acids is 2. The van der Waals surface area contributed by atoms with Crippen LogP contribution in [-0.4, -0.2) is 38.1 Å². The minimum Gasteiger partial charge on any atom is -0.381 e. The van der Waals surface area contributed by atoms with Crippen molar-refractivity contribution in [3.63, 3.8) is 0 Å². The molecule has 1 aliphatic rings. The van der Waals surface area contributed by atoms with Crippen molar-refractivity contribution in [2.45, 2.75) is 39.0 Å². The van der Waals surface area contributed by atoms with Gasteiger partial charge in [-0.1, -0.05) is 31.5 Å². The molecule has 0 radical (unpaired) electrons. The first-order chi connectivity index (χ1) is 11.2. The molecule has 23 heavy (non-hydrogen) atoms. The van der Waals surface area contributed by atoms with Gasteiger partial charge in [-0.2, -0.15) is 0 Å². The quantitative estimate of drug-likeness (QED) is 0.620. The van der Waals surface area contributed by atoms with Crippen LogP contribution in [0, 0.1) is 0 Å². The molecule has 0 aromatic heterocycles. The minimum absolute atomic E-state index is 0.464. The van der Waals surface area contributed by atoms with E-state index < -0.39 is 11.8 Å². The second-order valence-corrected chi connectivity index (χ2v) is 5.76. The molecule has 0 aliphatic carbocycles. The molecule has 2 amide bonds. The summed E-state index contributed by atoms with van der Waals surface area (Å²) >= 11 is 0. The zero-order chi connectivity index (χ0) is 16.5. The highest BCUT2D eigenvalue weighted by Gasteiger charge is 2.26. The zero-order valence-electron chi connectivity index (χ0n) is 13.8. The molecule has 0 unspecified atom stereocenters. The standard InChI is InChI=1S/C18H26N2O3/c1-2-3-13-23-14-7-11-19-17(21)18(22)20-12-6-9-15-8-4-5-10-16(15)20/h4-5,8,10H,2-3,6-7,9,11-14H2,1H3,(H,19,21). The second kappa shape index (κ2) is 9.30. The normalized spacial score (nSPS) is 13.5. The Labute approximate surface area is 138 Å². The lowest BCUT2D eigenvalue weighted by Gasteiger charge is -2.28. The van der Waals surface area contributed by atoms with E-state index in [4.69, 9.17) is 4.74 Å². The molecule has 0 bridgehead atoms. The monoisotopic (exact) mass is 318 g/mol. The molecule has 0 spiro atoms. The van der Waals surface area contributed by atoms with Crippen LogP contribution in [0.2, 0.25) is 0 Å². The van der Waals surface area contributed by atoms with Crippen molar-refractivity contribution in [1.82, 2.24) is 5.32 Å². The van der Waals surface area contributed by atoms with Crippen LogP contribution in [0.15, 0.2) is 24.3 Å². The first-order valence-corrected chi connectivity index (χ1v) is 8.49. The molecule has 126 valence electrons. The molecule has 0 fully saturated rings. The van der Waals surface area contributed by atoms with E-state index in [2.05, 4.69) is 12.2 Å². The fourth-order valence-corrected chi connectivity index (χ4v) is 2.67. The number of rotatable bonds is 7. The molecule has 0 saturated carbocycles. The molecule has 1 aromatic carbocycles. The van der Waals surface area contributed by atoms with Crippen LogP contribution in [0.1, 0.15) is 38.2 Å². The number of carbonyl (C=O) groups is 2. The summed E-state index contributed by atoms with van der Waals surface area (Å²) in [5.74, 6) is -1.00. The van der Waals surface area contributed by atoms with Crippen molar-refractivity contribution < 1.29 is 14.3 Å². The van der Waals surface area contributed by atoms with Crippen molar-refractivity contribution in [3.8, 4) is 0 Å². The lowest BCUT2D eigenvalue weighted by molar-refractivity contribution is -0.137. The molecular weight excluding hydrogens is 292 g/mol. The van der Waals surface area contributed by atoms with Crippen LogP contribution in [-0.2, 0) is 20.7 Å². The second-order valence-electron chi connectivity index (χ2n) is 5.76. The van der Waals surface area contributed by atoms with Crippen LogP contribution >= 0.6 is 0 Å². The van der Waals surface area contributed by atoms with Gasteiger partial charge in [0.2, 0.25) is 0 Å². The molecular formula is C18H26N2O3. The summed E-state index contributed by atoms with van der Waals surface area (Å²) in [6.45, 7) is 4.55. The fourth-order valence-electron chi connectivity index (χ4n) is 2.67. The van der Waals surface area contributed by atoms with E-state index in [9.17, 15) is 9.59 Å². The van der Waals surface area contributed by atoms with Crippen LogP contribution in [0.25, 0.3) is 0 Å². The van der Waals surface area contributed by atoms with Crippen LogP contribution in [0.3, 0.4) is 0 Å². The number of nitrogens with one attached hydrogen (secondary N) is 1. The average molecular weight is 318 g/mol. The molecule has 1 N–H and O–H groups in total. The van der Waals surface area contributed by atoms with Crippen molar-refractivity contribution in [2.24, 2.45) is 0 Å². The summed E-state index contributed by atoms with van der Waals surface area (Å²) in [6, 6.07) is 7.78. The smallest absolute Gasteiger partial charge is 0.316 e. The Kier molecular flexibility index (Phi) is 7.07. The third kappa shape index (κ3) is 5.06. The molecule has 5 nitrogen and oxygen atoms in total. The number of anilines is 1. The highest BCUT2D eigenvalue weighted by atomic mass is 16.5. The molecule has 1 aliphatic heterocycles. The van der Waals surface area contributed by atoms with E-state index in [1.165, 1.54) is 0 Å². The molecule has 0 saturated heterocycles. The number of fused-ring (bicyclic) bond motifs is 1. The largest absolute Gasteiger partial charge is 0.381 e. The maximum Gasteiger partial charge on any atom is 0.316 e. The van der Waals surface area contributed by atoms with E-state index >= 15 is 0 Å². The number of unbranched alkanes of at least 4 members (excludes halogenated alkanes) is 1. The van der Waals surface area contributed by atoms with Gasteiger partial charge in [-0.25, -0.2) is 0 Å². The summed E-state index contributed by atoms with van der Waals surface area (Å²) in [7, 11) is 0. The Morgan fingerprint density at radius 1 is 1.22 bits per heavy atom. The Balaban J connectivity index is 1.76. The first kappa shape index (κ1) is 17.5. The van der Waals surface area contributed by atoms with Gasteiger partial charge < -0.3 is 15.0 Å². The van der Waals surface area contributed by atoms with Gasteiger partial charge in [-0.3, -0.25) is 9.59 Å². The highest BCUT2D eigenvalue weighted by Crippen LogP contribution is 2.26. The molecule has 1 aromatic rings. The maximum atomic E-state index is 12.3. The van der Waals surface area contributed by atoms with Gasteiger partial charge in [0.05, 0.1) is 0 Å². The van der Waals surface area contributed by atoms with Gasteiger partial charge in [0.15, 0.2) is 0 Å². The topological polar surface area (TPSA) is 58.6 Å². The molecule has 1 heterocycles. The summed E-state index contributed by atoms with van der Waals surface area (Å²) in [5, 5.41) is 2.69. The van der Waals surface area contributed by atoms with E-state index in [0.717, 1.165) is 50.0 Å². The summed E-state index contributed by atoms with van der Waals surface area (Å²) in [6.07, 6.45) is 4.74. The van der Waals surface area contributed by atoms with Crippen LogP contribution in [0.4, 0.5) is 5.69 Å². The Bertz CT molecular complexity index is 531. The number of hydrogen-bond acceptors (Lipinski definition) is 3. The van der Waals surface area contributed by atoms with Crippen LogP contribution in [0.5, 0.6) is 0 Å². The third-order valence-electron chi connectivity index (χ3n) is 3.94. The lowest BCUT2D eigenvalue weighted by Crippen LogP contribution is -2.45. The summed E-state index contributed by atoms with van der Waals surface area (Å²) < 4.78 is 5.43. The SMILES string of the molecule is CCCCOCCCNC(=O)C(=O)N1CCCc2ccccc21. The third-order valence-corrected chi connectivity index (χ3v) is 3.94. The van der Waals surface area contributed by atoms with Crippen molar-refractivity contribution in [2.75, 3.05) is 31.2 Å². The molecule has 2 rings (SSSR count). The summed E-state index contributed by atoms with van der Waals surface area (Å²) in [5.41, 5.74) is 1.99. The van der Waals surface area contributed by atoms with E-state index in [-0.39, 0.29) is 0 Å². The van der Waals surface area contributed by atoms with Gasteiger partial charge in [-0.05, 0) is 37.3 Å². The minimum atomic E-state index is -0.532. The van der Waals surface area contributed by atoms with Crippen molar-refractivity contribution >= 4 is 17.5 Å². The van der Waals surface area contributed by atoms with Gasteiger partial charge >= 0.3 is 11.8 Å². The number of para-hydroxylation sites is 1. The Hall–Kier alpha value is -1.88. The number of ether oxygens (including phenoxy) is 1. The van der Waals surface area contributed by atoms with Gasteiger partial charge in [0.25, 0.3) is 0 Å². The Morgan fingerprint density at radius 3 is 2.83 bits per heavy atom. The average Bonchev–Trinajstić information content (AvgIpc) is 2.59. The van der Waals surface area contributed by atoms with Gasteiger partial charge in [0.1, 0.15) is 0 Å². The number of nitrogens with zero attached hydrogens (tertiary/aromatic N) is 1. The van der Waals surface area contributed by atoms with Gasteiger partial charge in [0, 0.05) is 32.0 Å². The van der Waals surface area contributed by atoms with E-state index in [1.807, 2.05) is 24.3 Å². The van der Waals surface area contributed by atoms with Crippen molar-refractivity contribution in [1.29, 1.82) is 0 Å². The van der Waals surface area contributed by atoms with E-state index in [0.29, 0.717) is 19.7 Å². The van der Waals surface area contributed by atoms with Gasteiger partial charge in [-0.15, -0.1) is 0 Å². The number of aryl methyl sites for hydroxylation is 1. The van der Waals surface area contributed by atoms with Crippen LogP contribution < -0.4 is 10.2 Å². The number of hydrogen-bond donors (Lipinski definition) is 1.